The van der Waals surface area contributed by atoms with Gasteiger partial charge in [-0.2, -0.15) is 0 Å². The Morgan fingerprint density at radius 1 is 1.39 bits per heavy atom. The second-order valence-corrected chi connectivity index (χ2v) is 5.04. The summed E-state index contributed by atoms with van der Waals surface area (Å²) in [6.45, 7) is 1.88. The first-order valence-electron chi connectivity index (χ1n) is 5.45. The van der Waals surface area contributed by atoms with Crippen molar-refractivity contribution in [2.45, 2.75) is 12.3 Å². The predicted molar refractivity (Wildman–Crippen MR) is 72.4 cm³/mol. The van der Waals surface area contributed by atoms with Crippen molar-refractivity contribution in [3.63, 3.8) is 0 Å². The molecule has 2 aromatic rings. The summed E-state index contributed by atoms with van der Waals surface area (Å²) >= 11 is 7.39. The zero-order valence-corrected chi connectivity index (χ0v) is 11.3. The molecule has 0 aliphatic carbocycles. The maximum Gasteiger partial charge on any atom is 0.332 e. The molecule has 18 heavy (non-hydrogen) atoms. The number of halogens is 1. The maximum absolute atomic E-state index is 12.0. The van der Waals surface area contributed by atoms with Crippen molar-refractivity contribution in [3.8, 4) is 0 Å². The van der Waals surface area contributed by atoms with Crippen LogP contribution in [0.15, 0.2) is 29.6 Å². The van der Waals surface area contributed by atoms with Crippen molar-refractivity contribution >= 4 is 44.8 Å². The third-order valence-electron chi connectivity index (χ3n) is 2.46. The molecular formula is C13H11ClO3S. The smallest absolute Gasteiger partial charge is 0.332 e. The molecule has 1 unspecified atom stereocenters. The Morgan fingerprint density at radius 3 is 2.89 bits per heavy atom. The number of hydrogen-bond acceptors (Lipinski definition) is 4. The van der Waals surface area contributed by atoms with Crippen LogP contribution < -0.4 is 0 Å². The van der Waals surface area contributed by atoms with E-state index in [4.69, 9.17) is 16.3 Å². The van der Waals surface area contributed by atoms with Gasteiger partial charge in [0.05, 0.1) is 6.61 Å². The highest BCUT2D eigenvalue weighted by Crippen LogP contribution is 2.23. The van der Waals surface area contributed by atoms with Gasteiger partial charge in [0.15, 0.2) is 11.2 Å². The van der Waals surface area contributed by atoms with E-state index in [1.165, 1.54) is 0 Å². The van der Waals surface area contributed by atoms with Gasteiger partial charge in [-0.15, -0.1) is 22.9 Å². The number of thiophene rings is 1. The lowest BCUT2D eigenvalue weighted by molar-refractivity contribution is -0.141. The van der Waals surface area contributed by atoms with Crippen molar-refractivity contribution in [1.29, 1.82) is 0 Å². The molecule has 0 bridgehead atoms. The Kier molecular flexibility index (Phi) is 3.99. The number of benzene rings is 1. The van der Waals surface area contributed by atoms with Crippen molar-refractivity contribution in [3.05, 3.63) is 35.2 Å². The van der Waals surface area contributed by atoms with Gasteiger partial charge in [-0.1, -0.05) is 0 Å². The number of alkyl halides is 1. The van der Waals surface area contributed by atoms with Crippen LogP contribution in [0, 0.1) is 0 Å². The van der Waals surface area contributed by atoms with Crippen LogP contribution in [0.2, 0.25) is 0 Å². The molecule has 1 heterocycles. The minimum Gasteiger partial charge on any atom is -0.465 e. The summed E-state index contributed by atoms with van der Waals surface area (Å²) in [6.07, 6.45) is 0. The molecule has 94 valence electrons. The number of hydrogen-bond donors (Lipinski definition) is 0. The highest BCUT2D eigenvalue weighted by Gasteiger charge is 2.26. The number of ketones is 1. The van der Waals surface area contributed by atoms with Crippen molar-refractivity contribution in [1.82, 2.24) is 0 Å². The highest BCUT2D eigenvalue weighted by molar-refractivity contribution is 7.17. The zero-order chi connectivity index (χ0) is 13.1. The van der Waals surface area contributed by atoms with Crippen molar-refractivity contribution in [2.75, 3.05) is 6.61 Å². The summed E-state index contributed by atoms with van der Waals surface area (Å²) in [6, 6.07) is 7.19. The molecule has 0 aliphatic rings. The van der Waals surface area contributed by atoms with Gasteiger partial charge < -0.3 is 4.74 Å². The second kappa shape index (κ2) is 5.50. The number of carbonyl (C=O) groups is 2. The van der Waals surface area contributed by atoms with Crippen molar-refractivity contribution in [2.24, 2.45) is 0 Å². The Bertz CT molecular complexity index is 591. The van der Waals surface area contributed by atoms with Gasteiger partial charge >= 0.3 is 5.97 Å². The molecule has 1 atom stereocenters. The summed E-state index contributed by atoms with van der Waals surface area (Å²) in [5.41, 5.74) is 0.425. The first kappa shape index (κ1) is 13.1. The van der Waals surface area contributed by atoms with E-state index in [2.05, 4.69) is 0 Å². The summed E-state index contributed by atoms with van der Waals surface area (Å²) in [4.78, 5) is 23.4. The van der Waals surface area contributed by atoms with E-state index < -0.39 is 17.1 Å². The van der Waals surface area contributed by atoms with Crippen LogP contribution in [-0.4, -0.2) is 23.7 Å². The van der Waals surface area contributed by atoms with Gasteiger partial charge in [0.25, 0.3) is 0 Å². The average Bonchev–Trinajstić information content (AvgIpc) is 2.84. The molecule has 0 N–H and O–H groups in total. The van der Waals surface area contributed by atoms with E-state index in [1.807, 2.05) is 17.5 Å². The van der Waals surface area contributed by atoms with E-state index in [-0.39, 0.29) is 6.61 Å². The summed E-state index contributed by atoms with van der Waals surface area (Å²) in [5.74, 6) is -1.13. The predicted octanol–water partition coefficient (Wildman–Crippen LogP) is 3.25. The molecule has 0 aliphatic heterocycles. The standard InChI is InChI=1S/C13H11ClO3S/c1-2-17-13(16)11(14)12(15)9-3-4-10-8(7-9)5-6-18-10/h3-7,11H,2H2,1H3. The number of esters is 1. The maximum atomic E-state index is 12.0. The Balaban J connectivity index is 2.24. The van der Waals surface area contributed by atoms with E-state index >= 15 is 0 Å². The van der Waals surface area contributed by atoms with Crippen LogP contribution >= 0.6 is 22.9 Å². The van der Waals surface area contributed by atoms with Crippen LogP contribution in [0.25, 0.3) is 10.1 Å². The molecule has 0 saturated heterocycles. The molecule has 0 fully saturated rings. The first-order valence-corrected chi connectivity index (χ1v) is 6.77. The molecular weight excluding hydrogens is 272 g/mol. The normalized spacial score (nSPS) is 12.3. The van der Waals surface area contributed by atoms with Gasteiger partial charge in [-0.05, 0) is 42.0 Å². The fraction of sp³-hybridized carbons (Fsp3) is 0.231. The Morgan fingerprint density at radius 2 is 2.17 bits per heavy atom. The number of rotatable bonds is 4. The Labute approximate surface area is 113 Å². The lowest BCUT2D eigenvalue weighted by Gasteiger charge is -2.07. The fourth-order valence-electron chi connectivity index (χ4n) is 1.59. The monoisotopic (exact) mass is 282 g/mol. The molecule has 0 amide bonds. The van der Waals surface area contributed by atoms with E-state index in [9.17, 15) is 9.59 Å². The van der Waals surface area contributed by atoms with E-state index in [0.29, 0.717) is 5.56 Å². The SMILES string of the molecule is CCOC(=O)C(Cl)C(=O)c1ccc2sccc2c1. The largest absolute Gasteiger partial charge is 0.465 e. The van der Waals surface area contributed by atoms with Gasteiger partial charge in [-0.25, -0.2) is 4.79 Å². The highest BCUT2D eigenvalue weighted by atomic mass is 35.5. The van der Waals surface area contributed by atoms with Gasteiger partial charge in [0.2, 0.25) is 0 Å². The van der Waals surface area contributed by atoms with E-state index in [1.54, 1.807) is 30.4 Å². The van der Waals surface area contributed by atoms with Crippen LogP contribution in [-0.2, 0) is 9.53 Å². The average molecular weight is 283 g/mol. The summed E-state index contributed by atoms with van der Waals surface area (Å²) in [7, 11) is 0. The third-order valence-corrected chi connectivity index (χ3v) is 3.73. The fourth-order valence-corrected chi connectivity index (χ4v) is 2.55. The number of carbonyl (C=O) groups excluding carboxylic acids is 2. The molecule has 3 nitrogen and oxygen atoms in total. The summed E-state index contributed by atoms with van der Waals surface area (Å²) in [5, 5.41) is 1.64. The molecule has 1 aromatic heterocycles. The molecule has 5 heteroatoms. The van der Waals surface area contributed by atoms with Crippen molar-refractivity contribution < 1.29 is 14.3 Å². The topological polar surface area (TPSA) is 43.4 Å². The minimum atomic E-state index is -1.28. The second-order valence-electron chi connectivity index (χ2n) is 3.65. The molecule has 1 aromatic carbocycles. The minimum absolute atomic E-state index is 0.207. The lowest BCUT2D eigenvalue weighted by atomic mass is 10.1. The van der Waals surface area contributed by atoms with Gasteiger partial charge in [-0.3, -0.25) is 4.79 Å². The third kappa shape index (κ3) is 2.54. The van der Waals surface area contributed by atoms with Gasteiger partial charge in [0, 0.05) is 10.3 Å². The van der Waals surface area contributed by atoms with Crippen LogP contribution in [0.4, 0.5) is 0 Å². The van der Waals surface area contributed by atoms with Gasteiger partial charge in [0.1, 0.15) is 0 Å². The Hall–Kier alpha value is -1.39. The zero-order valence-electron chi connectivity index (χ0n) is 9.68. The molecule has 0 saturated carbocycles. The number of fused-ring (bicyclic) bond motifs is 1. The molecule has 0 spiro atoms. The van der Waals surface area contributed by atoms with E-state index in [0.717, 1.165) is 10.1 Å². The number of ether oxygens (including phenoxy) is 1. The molecule has 0 radical (unpaired) electrons. The lowest BCUT2D eigenvalue weighted by Crippen LogP contribution is -2.26. The van der Waals surface area contributed by atoms with Crippen LogP contribution in [0.1, 0.15) is 17.3 Å². The summed E-state index contributed by atoms with van der Waals surface area (Å²) < 4.78 is 5.82. The quantitative estimate of drug-likeness (QED) is 0.374. The van der Waals surface area contributed by atoms with Crippen LogP contribution in [0.5, 0.6) is 0 Å². The van der Waals surface area contributed by atoms with Crippen LogP contribution in [0.3, 0.4) is 0 Å². The number of Topliss-reactive ketones (excluding diaryl/α,β-unsaturated/α-hetero) is 1. The molecule has 2 rings (SSSR count). The first-order chi connectivity index (χ1) is 8.63.